The average molecular weight is 369 g/mol. The molecule has 0 atom stereocenters. The lowest BCUT2D eigenvalue weighted by Gasteiger charge is -2.07. The van der Waals surface area contributed by atoms with Gasteiger partial charge in [-0.2, -0.15) is 5.10 Å². The summed E-state index contributed by atoms with van der Waals surface area (Å²) < 4.78 is 19.2. The number of nitrogens with zero attached hydrogens (tertiary/aromatic N) is 1. The van der Waals surface area contributed by atoms with Crippen LogP contribution in [0.25, 0.3) is 0 Å². The Labute approximate surface area is 157 Å². The summed E-state index contributed by atoms with van der Waals surface area (Å²) in [6, 6.07) is 19.7. The van der Waals surface area contributed by atoms with Gasteiger partial charge in [-0.15, -0.1) is 0 Å². The molecule has 0 bridgehead atoms. The standard InChI is InChI=1S/C21H18ClFN2O/c1-15-6-9-18(12-20(15)22)25-24-13-16-7-10-19(11-8-16)26-14-17-4-2-3-5-21(17)23/h2-13,25H,14H2,1H3. The molecule has 0 amide bonds. The van der Waals surface area contributed by atoms with Crippen LogP contribution in [0.15, 0.2) is 71.8 Å². The summed E-state index contributed by atoms with van der Waals surface area (Å²) in [5.41, 5.74) is 6.22. The van der Waals surface area contributed by atoms with Crippen molar-refractivity contribution < 1.29 is 9.13 Å². The lowest BCUT2D eigenvalue weighted by atomic mass is 10.2. The third-order valence-electron chi connectivity index (χ3n) is 3.81. The second-order valence-corrected chi connectivity index (χ2v) is 6.19. The molecule has 3 aromatic rings. The van der Waals surface area contributed by atoms with Gasteiger partial charge >= 0.3 is 0 Å². The quantitative estimate of drug-likeness (QED) is 0.440. The number of rotatable bonds is 6. The van der Waals surface area contributed by atoms with Crippen LogP contribution in [-0.4, -0.2) is 6.21 Å². The topological polar surface area (TPSA) is 33.6 Å². The van der Waals surface area contributed by atoms with E-state index in [1.165, 1.54) is 6.07 Å². The van der Waals surface area contributed by atoms with E-state index in [-0.39, 0.29) is 12.4 Å². The summed E-state index contributed by atoms with van der Waals surface area (Å²) in [5.74, 6) is 0.405. The van der Waals surface area contributed by atoms with Gasteiger partial charge in [-0.1, -0.05) is 35.9 Å². The molecule has 5 heteroatoms. The fourth-order valence-electron chi connectivity index (χ4n) is 2.27. The van der Waals surface area contributed by atoms with Crippen LogP contribution < -0.4 is 10.2 Å². The molecule has 3 nitrogen and oxygen atoms in total. The third-order valence-corrected chi connectivity index (χ3v) is 4.22. The van der Waals surface area contributed by atoms with Gasteiger partial charge in [-0.3, -0.25) is 5.43 Å². The molecule has 0 aromatic heterocycles. The number of anilines is 1. The van der Waals surface area contributed by atoms with Gasteiger partial charge in [0.1, 0.15) is 18.2 Å². The van der Waals surface area contributed by atoms with Crippen LogP contribution in [0.1, 0.15) is 16.7 Å². The first kappa shape index (κ1) is 18.0. The summed E-state index contributed by atoms with van der Waals surface area (Å²) in [6.45, 7) is 2.14. The number of hydrazone groups is 1. The molecule has 0 aliphatic carbocycles. The maximum Gasteiger partial charge on any atom is 0.129 e. The largest absolute Gasteiger partial charge is 0.489 e. The summed E-state index contributed by atoms with van der Waals surface area (Å²) in [6.07, 6.45) is 1.70. The fraction of sp³-hybridized carbons (Fsp3) is 0.0952. The molecule has 0 saturated carbocycles. The second kappa shape index (κ2) is 8.50. The molecule has 3 aromatic carbocycles. The van der Waals surface area contributed by atoms with Crippen molar-refractivity contribution in [3.63, 3.8) is 0 Å². The number of benzene rings is 3. The van der Waals surface area contributed by atoms with Crippen LogP contribution in [-0.2, 0) is 6.61 Å². The van der Waals surface area contributed by atoms with E-state index in [1.54, 1.807) is 24.4 Å². The molecule has 26 heavy (non-hydrogen) atoms. The van der Waals surface area contributed by atoms with Crippen LogP contribution in [0.4, 0.5) is 10.1 Å². The molecule has 3 rings (SSSR count). The van der Waals surface area contributed by atoms with E-state index in [0.717, 1.165) is 16.8 Å². The molecule has 132 valence electrons. The zero-order valence-electron chi connectivity index (χ0n) is 14.2. The van der Waals surface area contributed by atoms with Crippen molar-refractivity contribution in [2.45, 2.75) is 13.5 Å². The summed E-state index contributed by atoms with van der Waals surface area (Å²) in [7, 11) is 0. The Bertz CT molecular complexity index is 910. The van der Waals surface area contributed by atoms with Gasteiger partial charge < -0.3 is 4.74 Å². The van der Waals surface area contributed by atoms with Crippen molar-refractivity contribution in [3.05, 3.63) is 94.3 Å². The Balaban J connectivity index is 1.55. The van der Waals surface area contributed by atoms with Crippen molar-refractivity contribution in [2.75, 3.05) is 5.43 Å². The summed E-state index contributed by atoms with van der Waals surface area (Å²) in [4.78, 5) is 0. The van der Waals surface area contributed by atoms with E-state index in [4.69, 9.17) is 16.3 Å². The molecule has 1 N–H and O–H groups in total. The SMILES string of the molecule is Cc1ccc(NN=Cc2ccc(OCc3ccccc3F)cc2)cc1Cl. The molecule has 0 radical (unpaired) electrons. The monoisotopic (exact) mass is 368 g/mol. The number of ether oxygens (including phenoxy) is 1. The highest BCUT2D eigenvalue weighted by molar-refractivity contribution is 6.31. The maximum absolute atomic E-state index is 13.6. The molecule has 0 aliphatic rings. The number of hydrogen-bond donors (Lipinski definition) is 1. The molecule has 0 heterocycles. The number of halogens is 2. The van der Waals surface area contributed by atoms with E-state index in [9.17, 15) is 4.39 Å². The number of nitrogens with one attached hydrogen (secondary N) is 1. The van der Waals surface area contributed by atoms with Gasteiger partial charge in [-0.25, -0.2) is 4.39 Å². The van der Waals surface area contributed by atoms with Crippen LogP contribution >= 0.6 is 11.6 Å². The minimum Gasteiger partial charge on any atom is -0.489 e. The Kier molecular flexibility index (Phi) is 5.87. The maximum atomic E-state index is 13.6. The van der Waals surface area contributed by atoms with Gasteiger partial charge in [-0.05, 0) is 60.5 Å². The predicted molar refractivity (Wildman–Crippen MR) is 105 cm³/mol. The van der Waals surface area contributed by atoms with Crippen LogP contribution in [0.5, 0.6) is 5.75 Å². The second-order valence-electron chi connectivity index (χ2n) is 5.78. The Hall–Kier alpha value is -2.85. The summed E-state index contributed by atoms with van der Waals surface area (Å²) >= 11 is 6.08. The minimum absolute atomic E-state index is 0.190. The molecule has 0 spiro atoms. The van der Waals surface area contributed by atoms with Gasteiger partial charge in [0.05, 0.1) is 11.9 Å². The van der Waals surface area contributed by atoms with Crippen LogP contribution in [0.2, 0.25) is 5.02 Å². The van der Waals surface area contributed by atoms with Crippen molar-refractivity contribution >= 4 is 23.5 Å². The zero-order valence-corrected chi connectivity index (χ0v) is 15.0. The molecule has 0 fully saturated rings. The first-order valence-electron chi connectivity index (χ1n) is 8.13. The van der Waals surface area contributed by atoms with Crippen molar-refractivity contribution in [2.24, 2.45) is 5.10 Å². The molecular weight excluding hydrogens is 351 g/mol. The van der Waals surface area contributed by atoms with Crippen molar-refractivity contribution in [1.29, 1.82) is 0 Å². The first-order valence-corrected chi connectivity index (χ1v) is 8.51. The van der Waals surface area contributed by atoms with Crippen molar-refractivity contribution in [3.8, 4) is 5.75 Å². The highest BCUT2D eigenvalue weighted by Gasteiger charge is 2.02. The van der Waals surface area contributed by atoms with E-state index in [2.05, 4.69) is 10.5 Å². The highest BCUT2D eigenvalue weighted by atomic mass is 35.5. The Morgan fingerprint density at radius 1 is 1.08 bits per heavy atom. The van der Waals surface area contributed by atoms with E-state index in [0.29, 0.717) is 16.3 Å². The molecule has 0 unspecified atom stereocenters. The average Bonchev–Trinajstić information content (AvgIpc) is 2.65. The third kappa shape index (κ3) is 4.83. The van der Waals surface area contributed by atoms with Gasteiger partial charge in [0.2, 0.25) is 0 Å². The Morgan fingerprint density at radius 2 is 1.85 bits per heavy atom. The fourth-order valence-corrected chi connectivity index (χ4v) is 2.45. The number of hydrogen-bond acceptors (Lipinski definition) is 3. The van der Waals surface area contributed by atoms with E-state index >= 15 is 0 Å². The van der Waals surface area contributed by atoms with E-state index < -0.39 is 0 Å². The minimum atomic E-state index is -0.265. The molecular formula is C21H18ClFN2O. The zero-order chi connectivity index (χ0) is 18.4. The molecule has 0 aliphatic heterocycles. The first-order chi connectivity index (χ1) is 12.6. The lowest BCUT2D eigenvalue weighted by molar-refractivity contribution is 0.300. The number of aryl methyl sites for hydroxylation is 1. The predicted octanol–water partition coefficient (Wildman–Crippen LogP) is 5.81. The van der Waals surface area contributed by atoms with Crippen LogP contribution in [0.3, 0.4) is 0 Å². The lowest BCUT2D eigenvalue weighted by Crippen LogP contribution is -1.98. The normalized spacial score (nSPS) is 10.9. The smallest absolute Gasteiger partial charge is 0.129 e. The van der Waals surface area contributed by atoms with Crippen molar-refractivity contribution in [1.82, 2.24) is 0 Å². The summed E-state index contributed by atoms with van der Waals surface area (Å²) in [5, 5.41) is 4.89. The van der Waals surface area contributed by atoms with E-state index in [1.807, 2.05) is 49.4 Å². The van der Waals surface area contributed by atoms with Crippen LogP contribution in [0, 0.1) is 12.7 Å². The van der Waals surface area contributed by atoms with Gasteiger partial charge in [0.25, 0.3) is 0 Å². The van der Waals surface area contributed by atoms with Gasteiger partial charge in [0, 0.05) is 10.6 Å². The van der Waals surface area contributed by atoms with Gasteiger partial charge in [0.15, 0.2) is 0 Å². The molecule has 0 saturated heterocycles. The highest BCUT2D eigenvalue weighted by Crippen LogP contribution is 2.20. The Morgan fingerprint density at radius 3 is 2.58 bits per heavy atom.